The fourth-order valence-electron chi connectivity index (χ4n) is 6.73. The fraction of sp³-hybridized carbons (Fsp3) is 0. The van der Waals surface area contributed by atoms with E-state index in [1.165, 1.54) is 70.9 Å². The summed E-state index contributed by atoms with van der Waals surface area (Å²) < 4.78 is 2.37. The number of hydrogen-bond acceptors (Lipinski definition) is 2. The summed E-state index contributed by atoms with van der Waals surface area (Å²) in [5, 5.41) is 10.2. The first-order valence-electron chi connectivity index (χ1n) is 13.9. The first-order valence-corrected chi connectivity index (χ1v) is 13.9. The number of nitrogens with zero attached hydrogens (tertiary/aromatic N) is 3. The summed E-state index contributed by atoms with van der Waals surface area (Å²) in [6.07, 6.45) is 5.37. The van der Waals surface area contributed by atoms with E-state index in [2.05, 4.69) is 136 Å². The molecule has 0 amide bonds. The summed E-state index contributed by atoms with van der Waals surface area (Å²) in [7, 11) is 0. The highest BCUT2D eigenvalue weighted by atomic mass is 15.0. The van der Waals surface area contributed by atoms with Crippen molar-refractivity contribution in [2.75, 3.05) is 0 Å². The number of rotatable bonds is 3. The van der Waals surface area contributed by atoms with E-state index in [9.17, 15) is 0 Å². The van der Waals surface area contributed by atoms with Crippen LogP contribution in [0, 0.1) is 0 Å². The molecule has 0 saturated heterocycles. The van der Waals surface area contributed by atoms with Crippen molar-refractivity contribution in [1.29, 1.82) is 0 Å². The molecule has 0 aliphatic heterocycles. The van der Waals surface area contributed by atoms with Crippen LogP contribution in [0.2, 0.25) is 0 Å². The molecular weight excluding hydrogens is 498 g/mol. The van der Waals surface area contributed by atoms with Crippen molar-refractivity contribution in [3.05, 3.63) is 140 Å². The summed E-state index contributed by atoms with van der Waals surface area (Å²) in [4.78, 5) is 8.54. The minimum atomic E-state index is 1.03. The lowest BCUT2D eigenvalue weighted by Gasteiger charge is -2.16. The molecule has 2 aromatic heterocycles. The predicted molar refractivity (Wildman–Crippen MR) is 171 cm³/mol. The van der Waals surface area contributed by atoms with Gasteiger partial charge < -0.3 is 4.57 Å². The third-order valence-electron chi connectivity index (χ3n) is 8.55. The first kappa shape index (κ1) is 22.3. The van der Waals surface area contributed by atoms with Crippen LogP contribution in [0.1, 0.15) is 0 Å². The van der Waals surface area contributed by atoms with Gasteiger partial charge >= 0.3 is 0 Å². The van der Waals surface area contributed by atoms with Crippen molar-refractivity contribution in [3.8, 4) is 27.9 Å². The second kappa shape index (κ2) is 8.48. The minimum absolute atomic E-state index is 1.03. The maximum absolute atomic E-state index is 4.27. The van der Waals surface area contributed by atoms with Gasteiger partial charge in [-0.1, -0.05) is 97.1 Å². The molecule has 0 N–H and O–H groups in total. The Morgan fingerprint density at radius 2 is 0.927 bits per heavy atom. The van der Waals surface area contributed by atoms with E-state index in [0.29, 0.717) is 0 Å². The van der Waals surface area contributed by atoms with Crippen LogP contribution in [-0.2, 0) is 0 Å². The van der Waals surface area contributed by atoms with E-state index >= 15 is 0 Å². The van der Waals surface area contributed by atoms with Crippen LogP contribution in [0.5, 0.6) is 0 Å². The third kappa shape index (κ3) is 3.20. The van der Waals surface area contributed by atoms with Crippen molar-refractivity contribution < 1.29 is 0 Å². The lowest BCUT2D eigenvalue weighted by atomic mass is 9.87. The molecule has 3 heteroatoms. The van der Waals surface area contributed by atoms with Crippen molar-refractivity contribution in [3.63, 3.8) is 0 Å². The maximum atomic E-state index is 4.27. The molecule has 0 aliphatic carbocycles. The van der Waals surface area contributed by atoms with Crippen LogP contribution in [0.3, 0.4) is 0 Å². The molecule has 190 valence electrons. The van der Waals surface area contributed by atoms with Gasteiger partial charge in [0.05, 0.1) is 11.0 Å². The number of hydrogen-bond donors (Lipinski definition) is 0. The van der Waals surface area contributed by atoms with Gasteiger partial charge in [-0.2, -0.15) is 0 Å². The Bertz CT molecular complexity index is 2350. The van der Waals surface area contributed by atoms with E-state index in [1.807, 2.05) is 12.4 Å². The smallest absolute Gasteiger partial charge is 0.115 e. The predicted octanol–water partition coefficient (Wildman–Crippen LogP) is 9.81. The van der Waals surface area contributed by atoms with Gasteiger partial charge in [-0.15, -0.1) is 0 Å². The molecule has 7 aromatic carbocycles. The van der Waals surface area contributed by atoms with E-state index in [0.717, 1.165) is 11.1 Å². The van der Waals surface area contributed by atoms with Crippen molar-refractivity contribution in [2.24, 2.45) is 0 Å². The molecular formula is C38H23N3. The van der Waals surface area contributed by atoms with Crippen molar-refractivity contribution >= 4 is 54.1 Å². The van der Waals surface area contributed by atoms with Crippen LogP contribution in [0.4, 0.5) is 0 Å². The van der Waals surface area contributed by atoms with Crippen LogP contribution in [-0.4, -0.2) is 14.5 Å². The molecule has 9 aromatic rings. The first-order chi connectivity index (χ1) is 20.3. The maximum Gasteiger partial charge on any atom is 0.115 e. The Morgan fingerprint density at radius 1 is 0.415 bits per heavy atom. The van der Waals surface area contributed by atoms with E-state index in [1.54, 1.807) is 6.33 Å². The largest absolute Gasteiger partial charge is 0.309 e. The quantitative estimate of drug-likeness (QED) is 0.217. The van der Waals surface area contributed by atoms with Gasteiger partial charge in [-0.25, -0.2) is 9.97 Å². The Hall–Kier alpha value is -5.54. The molecule has 41 heavy (non-hydrogen) atoms. The second-order valence-corrected chi connectivity index (χ2v) is 10.7. The van der Waals surface area contributed by atoms with Gasteiger partial charge in [0.25, 0.3) is 0 Å². The summed E-state index contributed by atoms with van der Waals surface area (Å²) in [5.41, 5.74) is 8.27. The molecule has 3 nitrogen and oxygen atoms in total. The topological polar surface area (TPSA) is 30.7 Å². The molecule has 0 fully saturated rings. The van der Waals surface area contributed by atoms with Gasteiger partial charge in [0.2, 0.25) is 0 Å². The zero-order valence-electron chi connectivity index (χ0n) is 22.1. The average Bonchev–Trinajstić information content (AvgIpc) is 3.38. The summed E-state index contributed by atoms with van der Waals surface area (Å²) in [6.45, 7) is 0. The third-order valence-corrected chi connectivity index (χ3v) is 8.55. The van der Waals surface area contributed by atoms with Gasteiger partial charge in [0, 0.05) is 34.4 Å². The molecule has 0 aliphatic rings. The van der Waals surface area contributed by atoms with Crippen LogP contribution >= 0.6 is 0 Å². The summed E-state index contributed by atoms with van der Waals surface area (Å²) in [5.74, 6) is 0. The minimum Gasteiger partial charge on any atom is -0.309 e. The fourth-order valence-corrected chi connectivity index (χ4v) is 6.73. The number of fused-ring (bicyclic) bond motifs is 3. The molecule has 9 rings (SSSR count). The molecule has 0 spiro atoms. The van der Waals surface area contributed by atoms with Crippen molar-refractivity contribution in [1.82, 2.24) is 14.5 Å². The SMILES string of the molecule is c1ccc2c(c1)c1ccccc1n2-c1ccc(-c2ccc3ccc4c(-c5cncnc5)ccc5ccc2c3c54)cc1. The Kier molecular flexibility index (Phi) is 4.61. The van der Waals surface area contributed by atoms with E-state index < -0.39 is 0 Å². The molecule has 0 atom stereocenters. The van der Waals surface area contributed by atoms with Gasteiger partial charge in [0.15, 0.2) is 0 Å². The highest BCUT2D eigenvalue weighted by molar-refractivity contribution is 6.27. The van der Waals surface area contributed by atoms with Crippen LogP contribution < -0.4 is 0 Å². The summed E-state index contributed by atoms with van der Waals surface area (Å²) in [6, 6.07) is 44.3. The van der Waals surface area contributed by atoms with Gasteiger partial charge in [-0.3, -0.25) is 0 Å². The normalized spacial score (nSPS) is 11.9. The highest BCUT2D eigenvalue weighted by Crippen LogP contribution is 2.42. The standard InChI is InChI=1S/C38H23N3/c1-3-7-35-31(5-1)32-6-2-4-8-36(32)41(35)28-15-9-24(10-16-28)29-17-11-25-14-20-34-30(27-21-39-23-40-22-27)18-12-26-13-19-33(29)37(25)38(26)34/h1-23H. The zero-order valence-corrected chi connectivity index (χ0v) is 22.1. The molecule has 0 radical (unpaired) electrons. The molecule has 0 bridgehead atoms. The monoisotopic (exact) mass is 521 g/mol. The molecule has 2 heterocycles. The summed E-state index contributed by atoms with van der Waals surface area (Å²) >= 11 is 0. The average molecular weight is 522 g/mol. The second-order valence-electron chi connectivity index (χ2n) is 10.7. The van der Waals surface area contributed by atoms with Crippen LogP contribution in [0.15, 0.2) is 140 Å². The van der Waals surface area contributed by atoms with E-state index in [4.69, 9.17) is 0 Å². The van der Waals surface area contributed by atoms with Crippen molar-refractivity contribution in [2.45, 2.75) is 0 Å². The Labute approximate surface area is 236 Å². The lowest BCUT2D eigenvalue weighted by Crippen LogP contribution is -1.94. The number of aromatic nitrogens is 3. The number of para-hydroxylation sites is 2. The van der Waals surface area contributed by atoms with Gasteiger partial charge in [0.1, 0.15) is 6.33 Å². The Morgan fingerprint density at radius 3 is 1.51 bits per heavy atom. The zero-order chi connectivity index (χ0) is 26.9. The van der Waals surface area contributed by atoms with Crippen LogP contribution in [0.25, 0.3) is 82.1 Å². The number of benzene rings is 7. The van der Waals surface area contributed by atoms with Gasteiger partial charge in [-0.05, 0) is 73.3 Å². The van der Waals surface area contributed by atoms with E-state index in [-0.39, 0.29) is 0 Å². The highest BCUT2D eigenvalue weighted by Gasteiger charge is 2.16. The lowest BCUT2D eigenvalue weighted by molar-refractivity contribution is 1.17. The molecule has 0 unspecified atom stereocenters. The Balaban J connectivity index is 1.24. The molecule has 0 saturated carbocycles.